The molecule has 0 saturated carbocycles. The van der Waals surface area contributed by atoms with Crippen LogP contribution in [0.1, 0.15) is 23.0 Å². The van der Waals surface area contributed by atoms with E-state index >= 15 is 0 Å². The molecule has 0 radical (unpaired) electrons. The second-order valence-electron chi connectivity index (χ2n) is 3.61. The van der Waals surface area contributed by atoms with Crippen LogP contribution >= 0.6 is 23.2 Å². The van der Waals surface area contributed by atoms with Crippen molar-refractivity contribution in [1.29, 1.82) is 0 Å². The van der Waals surface area contributed by atoms with Gasteiger partial charge in [-0.15, -0.1) is 0 Å². The van der Waals surface area contributed by atoms with Crippen molar-refractivity contribution >= 4 is 29.2 Å². The Kier molecular flexibility index (Phi) is 3.59. The molecular formula is C12H9Cl2NO3. The summed E-state index contributed by atoms with van der Waals surface area (Å²) >= 11 is 11.9. The van der Waals surface area contributed by atoms with Crippen LogP contribution in [0.5, 0.6) is 0 Å². The number of benzene rings is 1. The van der Waals surface area contributed by atoms with E-state index in [-0.39, 0.29) is 11.3 Å². The van der Waals surface area contributed by atoms with E-state index in [1.54, 1.807) is 25.1 Å². The number of carboxylic acid groups (broad SMARTS) is 1. The topological polar surface area (TPSA) is 63.3 Å². The summed E-state index contributed by atoms with van der Waals surface area (Å²) in [6.07, 6.45) is 0.437. The largest absolute Gasteiger partial charge is 0.477 e. The lowest BCUT2D eigenvalue weighted by molar-refractivity contribution is 0.0695. The van der Waals surface area contributed by atoms with Crippen LogP contribution in [0.3, 0.4) is 0 Å². The Morgan fingerprint density at radius 3 is 2.78 bits per heavy atom. The maximum Gasteiger partial charge on any atom is 0.341 e. The average molecular weight is 286 g/mol. The molecule has 2 aromatic rings. The maximum absolute atomic E-state index is 11.3. The molecule has 0 aliphatic carbocycles. The molecule has 18 heavy (non-hydrogen) atoms. The van der Waals surface area contributed by atoms with Gasteiger partial charge in [0.25, 0.3) is 0 Å². The fraction of sp³-hybridized carbons (Fsp3) is 0.167. The van der Waals surface area contributed by atoms with Crippen LogP contribution in [0.4, 0.5) is 0 Å². The molecule has 0 fully saturated rings. The number of hydrogen-bond acceptors (Lipinski definition) is 3. The Balaban J connectivity index is 2.67. The van der Waals surface area contributed by atoms with E-state index < -0.39 is 5.97 Å². The molecule has 0 aliphatic heterocycles. The Labute approximate surface area is 113 Å². The average Bonchev–Trinajstić information content (AvgIpc) is 2.75. The van der Waals surface area contributed by atoms with Crippen molar-refractivity contribution in [3.63, 3.8) is 0 Å². The Morgan fingerprint density at radius 1 is 1.44 bits per heavy atom. The van der Waals surface area contributed by atoms with E-state index in [0.717, 1.165) is 0 Å². The molecular weight excluding hydrogens is 277 g/mol. The zero-order valence-corrected chi connectivity index (χ0v) is 10.9. The van der Waals surface area contributed by atoms with Crippen molar-refractivity contribution in [3.05, 3.63) is 39.6 Å². The lowest BCUT2D eigenvalue weighted by atomic mass is 10.1. The van der Waals surface area contributed by atoms with Gasteiger partial charge in [-0.1, -0.05) is 35.3 Å². The van der Waals surface area contributed by atoms with Crippen molar-refractivity contribution in [2.45, 2.75) is 13.3 Å². The molecule has 94 valence electrons. The summed E-state index contributed by atoms with van der Waals surface area (Å²) < 4.78 is 5.02. The second kappa shape index (κ2) is 5.00. The zero-order valence-electron chi connectivity index (χ0n) is 9.41. The summed E-state index contributed by atoms with van der Waals surface area (Å²) in [7, 11) is 0. The van der Waals surface area contributed by atoms with Crippen LogP contribution in [0.15, 0.2) is 22.7 Å². The first kappa shape index (κ1) is 12.9. The number of nitrogens with zero attached hydrogens (tertiary/aromatic N) is 1. The fourth-order valence-corrected chi connectivity index (χ4v) is 2.03. The van der Waals surface area contributed by atoms with Crippen LogP contribution in [0.25, 0.3) is 11.3 Å². The number of halogens is 2. The summed E-state index contributed by atoms with van der Waals surface area (Å²) in [5, 5.41) is 13.8. The van der Waals surface area contributed by atoms with Gasteiger partial charge in [0, 0.05) is 17.0 Å². The zero-order chi connectivity index (χ0) is 13.3. The number of hydrogen-bond donors (Lipinski definition) is 1. The van der Waals surface area contributed by atoms with Crippen LogP contribution in [-0.4, -0.2) is 16.2 Å². The smallest absolute Gasteiger partial charge is 0.341 e. The lowest BCUT2D eigenvalue weighted by Crippen LogP contribution is -2.01. The molecule has 0 spiro atoms. The number of aryl methyl sites for hydroxylation is 1. The van der Waals surface area contributed by atoms with Gasteiger partial charge in [0.2, 0.25) is 0 Å². The molecule has 1 aromatic carbocycles. The fourth-order valence-electron chi connectivity index (χ4n) is 1.65. The molecule has 2 rings (SSSR count). The van der Waals surface area contributed by atoms with Gasteiger partial charge < -0.3 is 9.63 Å². The number of carbonyl (C=O) groups is 1. The predicted molar refractivity (Wildman–Crippen MR) is 68.3 cm³/mol. The van der Waals surface area contributed by atoms with E-state index in [0.29, 0.717) is 27.8 Å². The number of rotatable bonds is 3. The first-order chi connectivity index (χ1) is 8.54. The third-order valence-electron chi connectivity index (χ3n) is 2.48. The van der Waals surface area contributed by atoms with E-state index in [4.69, 9.17) is 27.7 Å². The Hall–Kier alpha value is -1.52. The third-order valence-corrected chi connectivity index (χ3v) is 3.05. The highest BCUT2D eigenvalue weighted by Gasteiger charge is 2.23. The highest BCUT2D eigenvalue weighted by molar-refractivity contribution is 6.35. The SMILES string of the molecule is CCc1onc(-c2cc(Cl)ccc2Cl)c1C(=O)O. The molecule has 6 heteroatoms. The van der Waals surface area contributed by atoms with Crippen molar-refractivity contribution in [3.8, 4) is 11.3 Å². The third kappa shape index (κ3) is 2.21. The number of aromatic carboxylic acids is 1. The lowest BCUT2D eigenvalue weighted by Gasteiger charge is -2.02. The standard InChI is InChI=1S/C12H9Cl2NO3/c1-2-9-10(12(16)17)11(15-18-9)7-5-6(13)3-4-8(7)14/h3-5H,2H2,1H3,(H,16,17). The van der Waals surface area contributed by atoms with Gasteiger partial charge >= 0.3 is 5.97 Å². The molecule has 0 unspecified atom stereocenters. The minimum atomic E-state index is -1.10. The molecule has 1 aromatic heterocycles. The van der Waals surface area contributed by atoms with Gasteiger partial charge in [-0.2, -0.15) is 0 Å². The van der Waals surface area contributed by atoms with Gasteiger partial charge in [0.05, 0.1) is 5.02 Å². The van der Waals surface area contributed by atoms with Crippen molar-refractivity contribution in [1.82, 2.24) is 5.16 Å². The Morgan fingerprint density at radius 2 is 2.17 bits per heavy atom. The van der Waals surface area contributed by atoms with Crippen LogP contribution in [0, 0.1) is 0 Å². The Bertz CT molecular complexity index is 607. The molecule has 0 saturated heterocycles. The van der Waals surface area contributed by atoms with E-state index in [1.807, 2.05) is 0 Å². The highest BCUT2D eigenvalue weighted by Crippen LogP contribution is 2.33. The van der Waals surface area contributed by atoms with E-state index in [1.165, 1.54) is 0 Å². The summed E-state index contributed by atoms with van der Waals surface area (Å²) in [5.41, 5.74) is 0.679. The maximum atomic E-state index is 11.3. The summed E-state index contributed by atoms with van der Waals surface area (Å²) in [6.45, 7) is 1.79. The summed E-state index contributed by atoms with van der Waals surface area (Å²) in [5.74, 6) is -0.785. The normalized spacial score (nSPS) is 10.6. The monoisotopic (exact) mass is 285 g/mol. The minimum Gasteiger partial charge on any atom is -0.477 e. The molecule has 0 atom stereocenters. The first-order valence-electron chi connectivity index (χ1n) is 5.21. The van der Waals surface area contributed by atoms with Gasteiger partial charge in [-0.3, -0.25) is 0 Å². The number of carboxylic acids is 1. The summed E-state index contributed by atoms with van der Waals surface area (Å²) in [4.78, 5) is 11.3. The molecule has 1 N–H and O–H groups in total. The molecule has 4 nitrogen and oxygen atoms in total. The quantitative estimate of drug-likeness (QED) is 0.929. The van der Waals surface area contributed by atoms with E-state index in [9.17, 15) is 9.90 Å². The van der Waals surface area contributed by atoms with Crippen LogP contribution in [0.2, 0.25) is 10.0 Å². The van der Waals surface area contributed by atoms with E-state index in [2.05, 4.69) is 5.16 Å². The summed E-state index contributed by atoms with van der Waals surface area (Å²) in [6, 6.07) is 4.77. The molecule has 1 heterocycles. The van der Waals surface area contributed by atoms with Gasteiger partial charge in [0.1, 0.15) is 11.3 Å². The first-order valence-corrected chi connectivity index (χ1v) is 5.97. The van der Waals surface area contributed by atoms with Gasteiger partial charge in [-0.25, -0.2) is 4.79 Å². The predicted octanol–water partition coefficient (Wildman–Crippen LogP) is 3.91. The van der Waals surface area contributed by atoms with Crippen LogP contribution < -0.4 is 0 Å². The number of aromatic nitrogens is 1. The molecule has 0 bridgehead atoms. The van der Waals surface area contributed by atoms with Crippen molar-refractivity contribution in [2.24, 2.45) is 0 Å². The van der Waals surface area contributed by atoms with Gasteiger partial charge in [0.15, 0.2) is 5.76 Å². The van der Waals surface area contributed by atoms with Crippen LogP contribution in [-0.2, 0) is 6.42 Å². The van der Waals surface area contributed by atoms with Crippen molar-refractivity contribution < 1.29 is 14.4 Å². The van der Waals surface area contributed by atoms with Crippen molar-refractivity contribution in [2.75, 3.05) is 0 Å². The second-order valence-corrected chi connectivity index (χ2v) is 4.46. The molecule has 0 amide bonds. The molecule has 0 aliphatic rings. The highest BCUT2D eigenvalue weighted by atomic mass is 35.5. The minimum absolute atomic E-state index is 0.0293. The van der Waals surface area contributed by atoms with Gasteiger partial charge in [-0.05, 0) is 18.2 Å².